The summed E-state index contributed by atoms with van der Waals surface area (Å²) in [5.41, 5.74) is 2.32. The SMILES string of the molecule is CN(c1ncc(Cl)cn1)C1CCN(c2ccnc3ccccc23)CC1. The first-order valence-corrected chi connectivity index (χ1v) is 8.89. The number of pyridine rings is 1. The van der Waals surface area contributed by atoms with E-state index in [2.05, 4.69) is 56.1 Å². The van der Waals surface area contributed by atoms with Crippen molar-refractivity contribution in [3.05, 3.63) is 53.9 Å². The molecular formula is C19H20ClN5. The minimum atomic E-state index is 0.436. The molecule has 1 aliphatic rings. The van der Waals surface area contributed by atoms with E-state index in [4.69, 9.17) is 11.6 Å². The number of aromatic nitrogens is 3. The van der Waals surface area contributed by atoms with Crippen LogP contribution in [0.15, 0.2) is 48.9 Å². The highest BCUT2D eigenvalue weighted by Gasteiger charge is 2.24. The highest BCUT2D eigenvalue weighted by molar-refractivity contribution is 6.30. The Kier molecular flexibility index (Phi) is 4.40. The average molecular weight is 354 g/mol. The first-order chi connectivity index (χ1) is 12.2. The van der Waals surface area contributed by atoms with Crippen molar-refractivity contribution < 1.29 is 0 Å². The summed E-state index contributed by atoms with van der Waals surface area (Å²) in [5, 5.41) is 1.79. The van der Waals surface area contributed by atoms with Crippen LogP contribution in [0, 0.1) is 0 Å². The van der Waals surface area contributed by atoms with E-state index in [1.54, 1.807) is 12.4 Å². The molecule has 0 atom stereocenters. The zero-order chi connectivity index (χ0) is 17.2. The Balaban J connectivity index is 1.48. The monoisotopic (exact) mass is 353 g/mol. The van der Waals surface area contributed by atoms with Crippen LogP contribution in [-0.4, -0.2) is 41.1 Å². The van der Waals surface area contributed by atoms with Crippen molar-refractivity contribution in [2.75, 3.05) is 29.9 Å². The highest BCUT2D eigenvalue weighted by Crippen LogP contribution is 2.29. The van der Waals surface area contributed by atoms with Crippen LogP contribution in [0.4, 0.5) is 11.6 Å². The van der Waals surface area contributed by atoms with Crippen molar-refractivity contribution in [3.63, 3.8) is 0 Å². The standard InChI is InChI=1S/C19H20ClN5/c1-24(19-22-12-14(20)13-23-19)15-7-10-25(11-8-15)18-6-9-21-17-5-3-2-4-16(17)18/h2-6,9,12-13,15H,7-8,10-11H2,1H3. The number of rotatable bonds is 3. The smallest absolute Gasteiger partial charge is 0.225 e. The van der Waals surface area contributed by atoms with Gasteiger partial charge in [-0.25, -0.2) is 9.97 Å². The third kappa shape index (κ3) is 3.24. The number of hydrogen-bond donors (Lipinski definition) is 0. The third-order valence-corrected chi connectivity index (χ3v) is 5.10. The first kappa shape index (κ1) is 16.1. The minimum Gasteiger partial charge on any atom is -0.371 e. The Morgan fingerprint density at radius 1 is 1.04 bits per heavy atom. The van der Waals surface area contributed by atoms with Gasteiger partial charge in [0.25, 0.3) is 0 Å². The third-order valence-electron chi connectivity index (χ3n) is 4.90. The van der Waals surface area contributed by atoms with Gasteiger partial charge in [0.05, 0.1) is 22.9 Å². The fourth-order valence-corrected chi connectivity index (χ4v) is 3.60. The Hall–Kier alpha value is -2.40. The van der Waals surface area contributed by atoms with Gasteiger partial charge in [0, 0.05) is 43.4 Å². The molecule has 6 heteroatoms. The predicted molar refractivity (Wildman–Crippen MR) is 102 cm³/mol. The molecule has 2 aromatic heterocycles. The largest absolute Gasteiger partial charge is 0.371 e. The Labute approximate surface area is 152 Å². The Morgan fingerprint density at radius 3 is 2.52 bits per heavy atom. The zero-order valence-corrected chi connectivity index (χ0v) is 14.9. The van der Waals surface area contributed by atoms with Crippen LogP contribution >= 0.6 is 11.6 Å². The number of anilines is 2. The summed E-state index contributed by atoms with van der Waals surface area (Å²) in [6, 6.07) is 10.9. The molecule has 0 unspecified atom stereocenters. The van der Waals surface area contributed by atoms with Crippen molar-refractivity contribution in [2.45, 2.75) is 18.9 Å². The van der Waals surface area contributed by atoms with Crippen LogP contribution in [0.3, 0.4) is 0 Å². The minimum absolute atomic E-state index is 0.436. The number of hydrogen-bond acceptors (Lipinski definition) is 5. The molecule has 1 aliphatic heterocycles. The number of piperidine rings is 1. The maximum Gasteiger partial charge on any atom is 0.225 e. The molecule has 1 saturated heterocycles. The van der Waals surface area contributed by atoms with Crippen LogP contribution in [0.2, 0.25) is 5.02 Å². The van der Waals surface area contributed by atoms with E-state index in [1.165, 1.54) is 11.1 Å². The van der Waals surface area contributed by atoms with E-state index < -0.39 is 0 Å². The van der Waals surface area contributed by atoms with Gasteiger partial charge in [-0.2, -0.15) is 0 Å². The van der Waals surface area contributed by atoms with E-state index in [-0.39, 0.29) is 0 Å². The lowest BCUT2D eigenvalue weighted by Gasteiger charge is -2.38. The zero-order valence-electron chi connectivity index (χ0n) is 14.1. The molecule has 0 aliphatic carbocycles. The Morgan fingerprint density at radius 2 is 1.76 bits per heavy atom. The van der Waals surface area contributed by atoms with E-state index >= 15 is 0 Å². The van der Waals surface area contributed by atoms with Gasteiger partial charge in [0.2, 0.25) is 5.95 Å². The molecule has 0 saturated carbocycles. The summed E-state index contributed by atoms with van der Waals surface area (Å²) in [6.45, 7) is 2.02. The topological polar surface area (TPSA) is 45.2 Å². The van der Waals surface area contributed by atoms with E-state index in [1.807, 2.05) is 12.3 Å². The quantitative estimate of drug-likeness (QED) is 0.717. The molecule has 0 spiro atoms. The van der Waals surface area contributed by atoms with Crippen molar-refractivity contribution in [1.29, 1.82) is 0 Å². The van der Waals surface area contributed by atoms with Gasteiger partial charge in [0.15, 0.2) is 0 Å². The summed E-state index contributed by atoms with van der Waals surface area (Å²) in [7, 11) is 2.06. The van der Waals surface area contributed by atoms with Crippen LogP contribution in [-0.2, 0) is 0 Å². The van der Waals surface area contributed by atoms with Gasteiger partial charge in [-0.3, -0.25) is 4.98 Å². The average Bonchev–Trinajstić information content (AvgIpc) is 2.68. The molecule has 0 N–H and O–H groups in total. The van der Waals surface area contributed by atoms with Crippen LogP contribution < -0.4 is 9.80 Å². The molecule has 0 radical (unpaired) electrons. The summed E-state index contributed by atoms with van der Waals surface area (Å²) in [4.78, 5) is 17.7. The van der Waals surface area contributed by atoms with Crippen LogP contribution in [0.1, 0.15) is 12.8 Å². The number of para-hydroxylation sites is 1. The van der Waals surface area contributed by atoms with E-state index in [9.17, 15) is 0 Å². The van der Waals surface area contributed by atoms with Gasteiger partial charge >= 0.3 is 0 Å². The molecule has 5 nitrogen and oxygen atoms in total. The molecule has 3 heterocycles. The van der Waals surface area contributed by atoms with E-state index in [0.717, 1.165) is 37.4 Å². The second-order valence-electron chi connectivity index (χ2n) is 6.38. The first-order valence-electron chi connectivity index (χ1n) is 8.51. The summed E-state index contributed by atoms with van der Waals surface area (Å²) < 4.78 is 0. The molecule has 128 valence electrons. The summed E-state index contributed by atoms with van der Waals surface area (Å²) in [5.74, 6) is 0.734. The molecule has 0 amide bonds. The second-order valence-corrected chi connectivity index (χ2v) is 6.81. The van der Waals surface area contributed by atoms with Crippen molar-refractivity contribution >= 4 is 34.1 Å². The molecule has 25 heavy (non-hydrogen) atoms. The predicted octanol–water partition coefficient (Wildman–Crippen LogP) is 3.78. The lowest BCUT2D eigenvalue weighted by Crippen LogP contribution is -2.44. The fraction of sp³-hybridized carbons (Fsp3) is 0.316. The van der Waals surface area contributed by atoms with Crippen molar-refractivity contribution in [1.82, 2.24) is 15.0 Å². The second kappa shape index (κ2) is 6.84. The lowest BCUT2D eigenvalue weighted by atomic mass is 10.0. The highest BCUT2D eigenvalue weighted by atomic mass is 35.5. The van der Waals surface area contributed by atoms with Crippen LogP contribution in [0.5, 0.6) is 0 Å². The van der Waals surface area contributed by atoms with Gasteiger partial charge in [-0.1, -0.05) is 29.8 Å². The Bertz CT molecular complexity index is 854. The molecule has 3 aromatic rings. The van der Waals surface area contributed by atoms with Gasteiger partial charge in [-0.05, 0) is 25.0 Å². The molecular weight excluding hydrogens is 334 g/mol. The number of fused-ring (bicyclic) bond motifs is 1. The number of halogens is 1. The maximum atomic E-state index is 5.88. The molecule has 1 aromatic carbocycles. The van der Waals surface area contributed by atoms with E-state index in [0.29, 0.717) is 11.1 Å². The summed E-state index contributed by atoms with van der Waals surface area (Å²) in [6.07, 6.45) is 7.34. The van der Waals surface area contributed by atoms with Gasteiger partial charge < -0.3 is 9.80 Å². The fourth-order valence-electron chi connectivity index (χ4n) is 3.50. The number of nitrogens with zero attached hydrogens (tertiary/aromatic N) is 5. The summed E-state index contributed by atoms with van der Waals surface area (Å²) >= 11 is 5.88. The molecule has 1 fully saturated rings. The van der Waals surface area contributed by atoms with Crippen molar-refractivity contribution in [3.8, 4) is 0 Å². The van der Waals surface area contributed by atoms with Crippen LogP contribution in [0.25, 0.3) is 10.9 Å². The van der Waals surface area contributed by atoms with Crippen molar-refractivity contribution in [2.24, 2.45) is 0 Å². The molecule has 0 bridgehead atoms. The lowest BCUT2D eigenvalue weighted by molar-refractivity contribution is 0.478. The van der Waals surface area contributed by atoms with Gasteiger partial charge in [0.1, 0.15) is 0 Å². The number of benzene rings is 1. The maximum absolute atomic E-state index is 5.88. The normalized spacial score (nSPS) is 15.5. The van der Waals surface area contributed by atoms with Gasteiger partial charge in [-0.15, -0.1) is 0 Å². The molecule has 4 rings (SSSR count).